The molecule has 3 N–H and O–H groups in total. The molecule has 1 aromatic heterocycles. The predicted molar refractivity (Wildman–Crippen MR) is 70.3 cm³/mol. The second-order valence-electron chi connectivity index (χ2n) is 4.87. The van der Waals surface area contributed by atoms with Gasteiger partial charge in [-0.2, -0.15) is 0 Å². The third-order valence-electron chi connectivity index (χ3n) is 3.13. The van der Waals surface area contributed by atoms with Gasteiger partial charge in [0.15, 0.2) is 0 Å². The van der Waals surface area contributed by atoms with Crippen LogP contribution in [0.5, 0.6) is 0 Å². The van der Waals surface area contributed by atoms with Gasteiger partial charge < -0.3 is 5.43 Å². The third-order valence-corrected chi connectivity index (χ3v) is 3.13. The largest absolute Gasteiger partial charge is 0.308 e. The Morgan fingerprint density at radius 1 is 1.47 bits per heavy atom. The molecule has 1 aliphatic carbocycles. The summed E-state index contributed by atoms with van der Waals surface area (Å²) in [6.07, 6.45) is 5.94. The predicted octanol–water partition coefficient (Wildman–Crippen LogP) is 1.99. The van der Waals surface area contributed by atoms with Crippen LogP contribution in [0.2, 0.25) is 0 Å². The number of anilines is 1. The van der Waals surface area contributed by atoms with Crippen molar-refractivity contribution >= 4 is 5.82 Å². The highest BCUT2D eigenvalue weighted by molar-refractivity contribution is 5.33. The van der Waals surface area contributed by atoms with E-state index in [0.717, 1.165) is 18.3 Å². The third kappa shape index (κ3) is 3.98. The van der Waals surface area contributed by atoms with E-state index in [1.807, 2.05) is 12.3 Å². The Morgan fingerprint density at radius 3 is 2.82 bits per heavy atom. The highest BCUT2D eigenvalue weighted by Crippen LogP contribution is 2.30. The first-order valence-corrected chi connectivity index (χ1v) is 6.45. The van der Waals surface area contributed by atoms with Crippen LogP contribution in [0, 0.1) is 5.92 Å². The van der Waals surface area contributed by atoms with E-state index >= 15 is 0 Å². The number of hydrogen-bond acceptors (Lipinski definition) is 4. The van der Waals surface area contributed by atoms with Gasteiger partial charge in [-0.15, -0.1) is 0 Å². The van der Waals surface area contributed by atoms with Gasteiger partial charge in [0.25, 0.3) is 0 Å². The Labute approximate surface area is 103 Å². The van der Waals surface area contributed by atoms with Crippen molar-refractivity contribution in [3.63, 3.8) is 0 Å². The lowest BCUT2D eigenvalue weighted by Crippen LogP contribution is -2.26. The maximum atomic E-state index is 5.30. The van der Waals surface area contributed by atoms with E-state index in [2.05, 4.69) is 28.3 Å². The van der Waals surface area contributed by atoms with Crippen LogP contribution in [0.1, 0.15) is 31.7 Å². The monoisotopic (exact) mass is 234 g/mol. The van der Waals surface area contributed by atoms with Crippen molar-refractivity contribution in [3.8, 4) is 0 Å². The molecule has 0 spiro atoms. The number of nitrogen functional groups attached to an aromatic ring is 1. The second kappa shape index (κ2) is 5.98. The first kappa shape index (κ1) is 12.3. The number of nitrogens with two attached hydrogens (primary N) is 1. The second-order valence-corrected chi connectivity index (χ2v) is 4.87. The summed E-state index contributed by atoms with van der Waals surface area (Å²) in [6, 6.07) is 4.02. The van der Waals surface area contributed by atoms with E-state index in [0.29, 0.717) is 0 Å². The normalized spacial score (nSPS) is 15.2. The van der Waals surface area contributed by atoms with Gasteiger partial charge in [-0.25, -0.2) is 10.8 Å². The smallest absolute Gasteiger partial charge is 0.139 e. The van der Waals surface area contributed by atoms with Crippen LogP contribution in [0.25, 0.3) is 0 Å². The molecule has 1 fully saturated rings. The van der Waals surface area contributed by atoms with E-state index in [9.17, 15) is 0 Å². The maximum Gasteiger partial charge on any atom is 0.139 e. The minimum Gasteiger partial charge on any atom is -0.308 e. The molecule has 1 saturated carbocycles. The number of hydrazine groups is 1. The Morgan fingerprint density at radius 2 is 2.29 bits per heavy atom. The Bertz CT molecular complexity index is 332. The topological polar surface area (TPSA) is 54.2 Å². The molecule has 0 atom stereocenters. The standard InChI is InChI=1S/C13H22N4/c1-2-7-17(9-11-3-4-11)10-12-5-6-13(16-14)15-8-12/h5-6,8,11H,2-4,7,9-10,14H2,1H3,(H,15,16). The number of pyridine rings is 1. The molecule has 0 radical (unpaired) electrons. The molecule has 1 aromatic rings. The van der Waals surface area contributed by atoms with Crippen LogP contribution >= 0.6 is 0 Å². The fourth-order valence-electron chi connectivity index (χ4n) is 2.08. The molecule has 1 heterocycles. The van der Waals surface area contributed by atoms with E-state index in [4.69, 9.17) is 5.84 Å². The van der Waals surface area contributed by atoms with Gasteiger partial charge in [-0.1, -0.05) is 13.0 Å². The number of aromatic nitrogens is 1. The van der Waals surface area contributed by atoms with Crippen LogP contribution in [0.4, 0.5) is 5.82 Å². The number of hydrogen-bond donors (Lipinski definition) is 2. The molecule has 4 nitrogen and oxygen atoms in total. The number of nitrogens with zero attached hydrogens (tertiary/aromatic N) is 2. The maximum absolute atomic E-state index is 5.30. The minimum atomic E-state index is 0.720. The van der Waals surface area contributed by atoms with Crippen molar-refractivity contribution in [1.82, 2.24) is 9.88 Å². The van der Waals surface area contributed by atoms with Crippen molar-refractivity contribution in [1.29, 1.82) is 0 Å². The molecule has 2 rings (SSSR count). The van der Waals surface area contributed by atoms with Gasteiger partial charge in [-0.3, -0.25) is 4.90 Å². The summed E-state index contributed by atoms with van der Waals surface area (Å²) in [6.45, 7) is 5.65. The Hall–Kier alpha value is -1.13. The van der Waals surface area contributed by atoms with Gasteiger partial charge in [-0.05, 0) is 43.4 Å². The first-order chi connectivity index (χ1) is 8.31. The highest BCUT2D eigenvalue weighted by atomic mass is 15.2. The molecule has 0 bridgehead atoms. The molecule has 0 unspecified atom stereocenters. The van der Waals surface area contributed by atoms with Crippen molar-refractivity contribution in [3.05, 3.63) is 23.9 Å². The molecule has 0 saturated heterocycles. The van der Waals surface area contributed by atoms with Crippen LogP contribution in [-0.4, -0.2) is 23.0 Å². The highest BCUT2D eigenvalue weighted by Gasteiger charge is 2.23. The van der Waals surface area contributed by atoms with Gasteiger partial charge in [0.05, 0.1) is 0 Å². The Balaban J connectivity index is 1.90. The molecule has 17 heavy (non-hydrogen) atoms. The summed E-state index contributed by atoms with van der Waals surface area (Å²) < 4.78 is 0. The molecule has 94 valence electrons. The van der Waals surface area contributed by atoms with Gasteiger partial charge in [0.2, 0.25) is 0 Å². The molecular weight excluding hydrogens is 212 g/mol. The van der Waals surface area contributed by atoms with E-state index in [1.54, 1.807) is 0 Å². The zero-order chi connectivity index (χ0) is 12.1. The summed E-state index contributed by atoms with van der Waals surface area (Å²) in [5.41, 5.74) is 3.81. The molecular formula is C13H22N4. The SMILES string of the molecule is CCCN(Cc1ccc(NN)nc1)CC1CC1. The zero-order valence-electron chi connectivity index (χ0n) is 10.5. The Kier molecular flexibility index (Phi) is 4.34. The van der Waals surface area contributed by atoms with Crippen LogP contribution < -0.4 is 11.3 Å². The summed E-state index contributed by atoms with van der Waals surface area (Å²) in [5, 5.41) is 0. The van der Waals surface area contributed by atoms with E-state index in [1.165, 1.54) is 37.9 Å². The van der Waals surface area contributed by atoms with Crippen molar-refractivity contribution < 1.29 is 0 Å². The van der Waals surface area contributed by atoms with Crippen LogP contribution in [-0.2, 0) is 6.54 Å². The first-order valence-electron chi connectivity index (χ1n) is 6.45. The van der Waals surface area contributed by atoms with Gasteiger partial charge in [0, 0.05) is 19.3 Å². The summed E-state index contributed by atoms with van der Waals surface area (Å²) in [4.78, 5) is 6.77. The average molecular weight is 234 g/mol. The quantitative estimate of drug-likeness (QED) is 0.559. The van der Waals surface area contributed by atoms with E-state index < -0.39 is 0 Å². The van der Waals surface area contributed by atoms with Crippen LogP contribution in [0.3, 0.4) is 0 Å². The lowest BCUT2D eigenvalue weighted by Gasteiger charge is -2.21. The summed E-state index contributed by atoms with van der Waals surface area (Å²) in [7, 11) is 0. The van der Waals surface area contributed by atoms with Gasteiger partial charge >= 0.3 is 0 Å². The summed E-state index contributed by atoms with van der Waals surface area (Å²) >= 11 is 0. The molecule has 0 aromatic carbocycles. The van der Waals surface area contributed by atoms with Gasteiger partial charge in [0.1, 0.15) is 5.82 Å². The van der Waals surface area contributed by atoms with Crippen LogP contribution in [0.15, 0.2) is 18.3 Å². The fourth-order valence-corrected chi connectivity index (χ4v) is 2.08. The molecule has 0 amide bonds. The zero-order valence-corrected chi connectivity index (χ0v) is 10.5. The molecule has 1 aliphatic rings. The fraction of sp³-hybridized carbons (Fsp3) is 0.615. The van der Waals surface area contributed by atoms with E-state index in [-0.39, 0.29) is 0 Å². The summed E-state index contributed by atoms with van der Waals surface area (Å²) in [5.74, 6) is 6.96. The molecule has 4 heteroatoms. The lowest BCUT2D eigenvalue weighted by atomic mass is 10.2. The lowest BCUT2D eigenvalue weighted by molar-refractivity contribution is 0.255. The minimum absolute atomic E-state index is 0.720. The number of rotatable bonds is 7. The van der Waals surface area contributed by atoms with Crippen molar-refractivity contribution in [2.45, 2.75) is 32.7 Å². The van der Waals surface area contributed by atoms with Crippen molar-refractivity contribution in [2.75, 3.05) is 18.5 Å². The molecule has 0 aliphatic heterocycles. The number of nitrogens with one attached hydrogen (secondary N) is 1. The van der Waals surface area contributed by atoms with Crippen molar-refractivity contribution in [2.24, 2.45) is 11.8 Å². The average Bonchev–Trinajstić information content (AvgIpc) is 3.14.